The van der Waals surface area contributed by atoms with Crippen molar-refractivity contribution in [3.8, 4) is 0 Å². The molecule has 132 valence electrons. The number of benzene rings is 1. The molecule has 3 rings (SSSR count). The van der Waals surface area contributed by atoms with E-state index in [0.717, 1.165) is 55.7 Å². The lowest BCUT2D eigenvalue weighted by Crippen LogP contribution is -2.38. The Morgan fingerprint density at radius 2 is 1.96 bits per heavy atom. The number of hydrogen-bond donors (Lipinski definition) is 0. The lowest BCUT2D eigenvalue weighted by Gasteiger charge is -2.32. The van der Waals surface area contributed by atoms with Crippen LogP contribution in [0.3, 0.4) is 0 Å². The zero-order chi connectivity index (χ0) is 18.2. The number of hydrogen-bond acceptors (Lipinski definition) is 2. The lowest BCUT2D eigenvalue weighted by atomic mass is 9.91. The zero-order valence-corrected chi connectivity index (χ0v) is 15.9. The number of amides is 1. The first-order valence-corrected chi connectivity index (χ1v) is 9.23. The summed E-state index contributed by atoms with van der Waals surface area (Å²) in [5.41, 5.74) is 3.10. The molecule has 25 heavy (non-hydrogen) atoms. The molecule has 0 N–H and O–H groups in total. The molecule has 1 fully saturated rings. The fourth-order valence-electron chi connectivity index (χ4n) is 3.70. The topological polar surface area (TPSA) is 38.1 Å². The van der Waals surface area contributed by atoms with Gasteiger partial charge in [0, 0.05) is 33.0 Å². The largest absolute Gasteiger partial charge is 0.343 e. The maximum atomic E-state index is 11.5. The Bertz CT molecular complexity index is 767. The Kier molecular flexibility index (Phi) is 4.94. The fourth-order valence-corrected chi connectivity index (χ4v) is 3.70. The van der Waals surface area contributed by atoms with Crippen LogP contribution in [-0.4, -0.2) is 41.3 Å². The number of aromatic nitrogens is 2. The van der Waals surface area contributed by atoms with Crippen LogP contribution in [0.2, 0.25) is 0 Å². The molecule has 0 atom stereocenters. The smallest absolute Gasteiger partial charge is 0.219 e. The van der Waals surface area contributed by atoms with Crippen molar-refractivity contribution in [2.24, 2.45) is 11.3 Å². The summed E-state index contributed by atoms with van der Waals surface area (Å²) in [6, 6.07) is 6.02. The third-order valence-corrected chi connectivity index (χ3v) is 5.04. The van der Waals surface area contributed by atoms with E-state index in [9.17, 15) is 4.79 Å². The number of likely N-dealkylation sites (tertiary alicyclic amines) is 1. The minimum Gasteiger partial charge on any atom is -0.343 e. The van der Waals surface area contributed by atoms with E-state index in [2.05, 4.69) is 31.4 Å². The van der Waals surface area contributed by atoms with Crippen LogP contribution in [0.4, 0.5) is 0 Å². The van der Waals surface area contributed by atoms with Crippen molar-refractivity contribution >= 4 is 30.2 Å². The first-order valence-electron chi connectivity index (χ1n) is 9.23. The molecule has 0 aliphatic carbocycles. The van der Waals surface area contributed by atoms with Gasteiger partial charge in [-0.25, -0.2) is 4.98 Å². The van der Waals surface area contributed by atoms with Crippen LogP contribution < -0.4 is 5.46 Å². The molecule has 1 aromatic carbocycles. The van der Waals surface area contributed by atoms with Gasteiger partial charge in [-0.1, -0.05) is 32.3 Å². The molecular weight excluding hydrogens is 309 g/mol. The van der Waals surface area contributed by atoms with E-state index in [0.29, 0.717) is 5.92 Å². The third kappa shape index (κ3) is 4.25. The van der Waals surface area contributed by atoms with Gasteiger partial charge in [0.25, 0.3) is 0 Å². The predicted molar refractivity (Wildman–Crippen MR) is 103 cm³/mol. The first-order chi connectivity index (χ1) is 11.7. The van der Waals surface area contributed by atoms with E-state index in [1.807, 2.05) is 17.0 Å². The molecule has 2 heterocycles. The summed E-state index contributed by atoms with van der Waals surface area (Å²) >= 11 is 0. The molecule has 0 bridgehead atoms. The molecule has 5 heteroatoms. The van der Waals surface area contributed by atoms with Crippen LogP contribution in [0.5, 0.6) is 0 Å². The van der Waals surface area contributed by atoms with Gasteiger partial charge in [-0.2, -0.15) is 0 Å². The van der Waals surface area contributed by atoms with Crippen LogP contribution in [-0.2, 0) is 17.8 Å². The van der Waals surface area contributed by atoms with E-state index < -0.39 is 0 Å². The number of rotatable bonds is 3. The normalized spacial score (nSPS) is 16.6. The van der Waals surface area contributed by atoms with Crippen molar-refractivity contribution in [3.05, 3.63) is 24.0 Å². The van der Waals surface area contributed by atoms with E-state index >= 15 is 0 Å². The van der Waals surface area contributed by atoms with Gasteiger partial charge >= 0.3 is 0 Å². The second-order valence-electron chi connectivity index (χ2n) is 8.57. The maximum absolute atomic E-state index is 11.5. The summed E-state index contributed by atoms with van der Waals surface area (Å²) in [5, 5.41) is 0. The average molecular weight is 337 g/mol. The molecule has 0 saturated carbocycles. The third-order valence-electron chi connectivity index (χ3n) is 5.04. The second-order valence-corrected chi connectivity index (χ2v) is 8.57. The molecule has 2 aromatic rings. The van der Waals surface area contributed by atoms with Crippen molar-refractivity contribution in [2.45, 2.75) is 53.5 Å². The van der Waals surface area contributed by atoms with Gasteiger partial charge in [0.2, 0.25) is 5.91 Å². The molecule has 2 radical (unpaired) electrons. The summed E-state index contributed by atoms with van der Waals surface area (Å²) in [6.45, 7) is 11.1. The highest BCUT2D eigenvalue weighted by molar-refractivity contribution is 6.33. The highest BCUT2D eigenvalue weighted by Crippen LogP contribution is 2.27. The van der Waals surface area contributed by atoms with Crippen molar-refractivity contribution in [3.63, 3.8) is 0 Å². The number of nitrogens with zero attached hydrogens (tertiary/aromatic N) is 3. The summed E-state index contributed by atoms with van der Waals surface area (Å²) in [7, 11) is 5.95. The Morgan fingerprint density at radius 3 is 2.56 bits per heavy atom. The summed E-state index contributed by atoms with van der Waals surface area (Å²) in [6.07, 6.45) is 3.06. The van der Waals surface area contributed by atoms with Gasteiger partial charge in [-0.3, -0.25) is 4.79 Å². The standard InChI is InChI=1S/C20H28BN3O/c1-14(25)23-9-7-15(8-10-23)13-24-18-6-5-16(21)11-17(18)22-19(24)12-20(2,3)4/h5-6,11,15H,7-10,12-13H2,1-4H3. The minimum absolute atomic E-state index is 0.183. The molecule has 1 amide bonds. The van der Waals surface area contributed by atoms with Crippen LogP contribution in [0, 0.1) is 11.3 Å². The number of piperidine rings is 1. The average Bonchev–Trinajstić information content (AvgIpc) is 2.82. The van der Waals surface area contributed by atoms with Gasteiger partial charge in [0.15, 0.2) is 0 Å². The summed E-state index contributed by atoms with van der Waals surface area (Å²) in [5.74, 6) is 1.92. The molecule has 1 aliphatic heterocycles. The highest BCUT2D eigenvalue weighted by Gasteiger charge is 2.24. The minimum atomic E-state index is 0.183. The highest BCUT2D eigenvalue weighted by atomic mass is 16.2. The Morgan fingerprint density at radius 1 is 1.28 bits per heavy atom. The fraction of sp³-hybridized carbons (Fsp3) is 0.600. The molecular formula is C20H28BN3O. The second kappa shape index (κ2) is 6.85. The molecule has 1 aromatic heterocycles. The van der Waals surface area contributed by atoms with E-state index in [4.69, 9.17) is 12.8 Å². The van der Waals surface area contributed by atoms with Gasteiger partial charge in [-0.15, -0.1) is 0 Å². The summed E-state index contributed by atoms with van der Waals surface area (Å²) in [4.78, 5) is 18.4. The van der Waals surface area contributed by atoms with Crippen LogP contribution >= 0.6 is 0 Å². The van der Waals surface area contributed by atoms with E-state index in [1.54, 1.807) is 6.92 Å². The van der Waals surface area contributed by atoms with Crippen LogP contribution in [0.25, 0.3) is 11.0 Å². The SMILES string of the molecule is [B]c1ccc2c(c1)nc(CC(C)(C)C)n2CC1CCN(C(C)=O)CC1. The molecule has 1 aliphatic rings. The molecule has 1 saturated heterocycles. The quantitative estimate of drug-likeness (QED) is 0.808. The van der Waals surface area contributed by atoms with Crippen molar-refractivity contribution in [2.75, 3.05) is 13.1 Å². The van der Waals surface area contributed by atoms with Crippen molar-refractivity contribution < 1.29 is 4.79 Å². The predicted octanol–water partition coefficient (Wildman–Crippen LogP) is 2.68. The van der Waals surface area contributed by atoms with Crippen molar-refractivity contribution in [1.29, 1.82) is 0 Å². The van der Waals surface area contributed by atoms with Gasteiger partial charge in [0.1, 0.15) is 13.7 Å². The zero-order valence-electron chi connectivity index (χ0n) is 15.9. The summed E-state index contributed by atoms with van der Waals surface area (Å²) < 4.78 is 2.38. The number of carbonyl (C=O) groups excluding carboxylic acids is 1. The van der Waals surface area contributed by atoms with E-state index in [1.165, 1.54) is 5.52 Å². The molecule has 0 unspecified atom stereocenters. The Hall–Kier alpha value is -1.78. The maximum Gasteiger partial charge on any atom is 0.219 e. The van der Waals surface area contributed by atoms with Gasteiger partial charge in [0.05, 0.1) is 11.0 Å². The number of carbonyl (C=O) groups is 1. The lowest BCUT2D eigenvalue weighted by molar-refractivity contribution is -0.130. The van der Waals surface area contributed by atoms with Gasteiger partial charge < -0.3 is 9.47 Å². The number of imidazole rings is 1. The molecule has 4 nitrogen and oxygen atoms in total. The molecule has 0 spiro atoms. The monoisotopic (exact) mass is 337 g/mol. The van der Waals surface area contributed by atoms with Crippen LogP contribution in [0.15, 0.2) is 18.2 Å². The first kappa shape index (κ1) is 18.0. The van der Waals surface area contributed by atoms with Gasteiger partial charge in [-0.05, 0) is 36.3 Å². The Labute approximate surface area is 152 Å². The van der Waals surface area contributed by atoms with Crippen LogP contribution in [0.1, 0.15) is 46.4 Å². The number of fused-ring (bicyclic) bond motifs is 1. The van der Waals surface area contributed by atoms with E-state index in [-0.39, 0.29) is 11.3 Å². The Balaban J connectivity index is 1.86. The van der Waals surface area contributed by atoms with Crippen molar-refractivity contribution in [1.82, 2.24) is 14.5 Å².